The highest BCUT2D eigenvalue weighted by Gasteiger charge is 2.55. The second-order valence-corrected chi connectivity index (χ2v) is 11.8. The first-order valence-electron chi connectivity index (χ1n) is 12.9. The van der Waals surface area contributed by atoms with Crippen LogP contribution in [0, 0.1) is 17.3 Å². The summed E-state index contributed by atoms with van der Waals surface area (Å²) in [7, 11) is 0. The molecule has 8 heteroatoms. The van der Waals surface area contributed by atoms with Crippen molar-refractivity contribution in [3.63, 3.8) is 0 Å². The second kappa shape index (κ2) is 10.2. The van der Waals surface area contributed by atoms with Crippen molar-refractivity contribution in [2.75, 3.05) is 5.75 Å². The molecule has 5 rings (SSSR count). The Hall–Kier alpha value is -2.35. The maximum Gasteiger partial charge on any atom is 0.416 e. The Morgan fingerprint density at radius 3 is 2.47 bits per heavy atom. The van der Waals surface area contributed by atoms with Gasteiger partial charge in [-0.05, 0) is 91.7 Å². The van der Waals surface area contributed by atoms with Crippen molar-refractivity contribution < 1.29 is 13.2 Å². The highest BCUT2D eigenvalue weighted by Crippen LogP contribution is 2.67. The molecule has 1 aromatic heterocycles. The van der Waals surface area contributed by atoms with Crippen LogP contribution in [0.1, 0.15) is 80.9 Å². The molecule has 0 saturated heterocycles. The van der Waals surface area contributed by atoms with Gasteiger partial charge in [0.15, 0.2) is 0 Å². The van der Waals surface area contributed by atoms with Gasteiger partial charge >= 0.3 is 6.18 Å². The van der Waals surface area contributed by atoms with E-state index < -0.39 is 11.7 Å². The van der Waals surface area contributed by atoms with Crippen LogP contribution in [0.25, 0.3) is 0 Å². The van der Waals surface area contributed by atoms with Gasteiger partial charge < -0.3 is 4.98 Å². The molecule has 2 saturated carbocycles. The van der Waals surface area contributed by atoms with Gasteiger partial charge in [0.1, 0.15) is 0 Å². The Morgan fingerprint density at radius 1 is 1.08 bits per heavy atom. The maximum atomic E-state index is 12.8. The molecule has 36 heavy (non-hydrogen) atoms. The van der Waals surface area contributed by atoms with E-state index in [1.165, 1.54) is 50.3 Å². The molecule has 2 unspecified atom stereocenters. The van der Waals surface area contributed by atoms with Crippen LogP contribution in [-0.4, -0.2) is 21.5 Å². The van der Waals surface area contributed by atoms with E-state index in [-0.39, 0.29) is 5.56 Å². The third kappa shape index (κ3) is 5.63. The Morgan fingerprint density at radius 2 is 1.83 bits per heavy atom. The second-order valence-electron chi connectivity index (χ2n) is 10.7. The van der Waals surface area contributed by atoms with Crippen LogP contribution >= 0.6 is 11.8 Å². The largest absolute Gasteiger partial charge is 0.416 e. The lowest BCUT2D eigenvalue weighted by Crippen LogP contribution is -2.19. The number of rotatable bonds is 6. The molecule has 0 radical (unpaired) electrons. The maximum absolute atomic E-state index is 12.8. The van der Waals surface area contributed by atoms with Crippen LogP contribution in [0.2, 0.25) is 0 Å². The number of alkyl halides is 3. The summed E-state index contributed by atoms with van der Waals surface area (Å²) in [4.78, 5) is 14.0. The number of hydrogen-bond acceptors (Lipinski definition) is 4. The lowest BCUT2D eigenvalue weighted by atomic mass is 9.76. The summed E-state index contributed by atoms with van der Waals surface area (Å²) < 4.78 is 38.5. The molecule has 1 N–H and O–H groups in total. The highest BCUT2D eigenvalue weighted by molar-refractivity contribution is 8.13. The smallest absolute Gasteiger partial charge is 0.328 e. The third-order valence-corrected chi connectivity index (χ3v) is 9.52. The fourth-order valence-corrected chi connectivity index (χ4v) is 6.92. The average Bonchev–Trinajstić information content (AvgIpc) is 3.57. The predicted molar refractivity (Wildman–Crippen MR) is 140 cm³/mol. The molecule has 2 heterocycles. The van der Waals surface area contributed by atoms with Crippen LogP contribution in [0.15, 0.2) is 57.6 Å². The van der Waals surface area contributed by atoms with E-state index in [2.05, 4.69) is 22.1 Å². The van der Waals surface area contributed by atoms with E-state index in [1.54, 1.807) is 24.4 Å². The van der Waals surface area contributed by atoms with Crippen molar-refractivity contribution in [1.82, 2.24) is 4.98 Å². The Bertz CT molecular complexity index is 1170. The number of nitrogens with one attached hydrogen (secondary N) is 1. The molecule has 1 aromatic carbocycles. The van der Waals surface area contributed by atoms with Gasteiger partial charge in [-0.25, -0.2) is 0 Å². The van der Waals surface area contributed by atoms with Crippen molar-refractivity contribution in [3.8, 4) is 0 Å². The van der Waals surface area contributed by atoms with Gasteiger partial charge in [0.2, 0.25) is 5.56 Å². The fraction of sp³-hybridized carbons (Fsp3) is 0.536. The minimum atomic E-state index is -4.27. The van der Waals surface area contributed by atoms with Crippen molar-refractivity contribution in [2.45, 2.75) is 70.4 Å². The summed E-state index contributed by atoms with van der Waals surface area (Å²) in [6.45, 7) is 2.18. The molecule has 3 aliphatic rings. The molecule has 2 aromatic rings. The van der Waals surface area contributed by atoms with Gasteiger partial charge in [0, 0.05) is 30.2 Å². The third-order valence-electron chi connectivity index (χ3n) is 8.25. The zero-order chi connectivity index (χ0) is 25.3. The average molecular weight is 516 g/mol. The quantitative estimate of drug-likeness (QED) is 0.407. The van der Waals surface area contributed by atoms with Crippen LogP contribution in [0.5, 0.6) is 0 Å². The zero-order valence-electron chi connectivity index (χ0n) is 20.5. The summed E-state index contributed by atoms with van der Waals surface area (Å²) >= 11 is 1.81. The monoisotopic (exact) mass is 515 g/mol. The van der Waals surface area contributed by atoms with E-state index in [0.29, 0.717) is 17.3 Å². The van der Waals surface area contributed by atoms with Crippen LogP contribution in [0.3, 0.4) is 0 Å². The predicted octanol–water partition coefficient (Wildman–Crippen LogP) is 7.41. The van der Waals surface area contributed by atoms with E-state index in [9.17, 15) is 18.0 Å². The number of aromatic nitrogens is 1. The summed E-state index contributed by atoms with van der Waals surface area (Å²) in [5.74, 6) is 2.55. The summed E-state index contributed by atoms with van der Waals surface area (Å²) in [6.07, 6.45) is 6.61. The van der Waals surface area contributed by atoms with Gasteiger partial charge in [0.05, 0.1) is 16.3 Å². The number of thioether (sulfide) groups is 1. The molecule has 2 atom stereocenters. The minimum Gasteiger partial charge on any atom is -0.328 e. The van der Waals surface area contributed by atoms with E-state index >= 15 is 0 Å². The number of hydrogen-bond donors (Lipinski definition) is 1. The fourth-order valence-electron chi connectivity index (χ4n) is 5.93. The van der Waals surface area contributed by atoms with Gasteiger partial charge in [-0.15, -0.1) is 16.9 Å². The summed E-state index contributed by atoms with van der Waals surface area (Å²) in [5, 5.41) is 9.97. The molecule has 1 aliphatic heterocycles. The van der Waals surface area contributed by atoms with Crippen molar-refractivity contribution >= 4 is 22.5 Å². The minimum absolute atomic E-state index is 0.118. The molecule has 192 valence electrons. The van der Waals surface area contributed by atoms with Crippen LogP contribution in [-0.2, 0) is 6.18 Å². The number of pyridine rings is 1. The molecular formula is C28H32F3N3OS. The Labute approximate surface area is 213 Å². The highest BCUT2D eigenvalue weighted by atomic mass is 32.2. The molecule has 1 spiro atoms. The number of aromatic amines is 1. The Kier molecular flexibility index (Phi) is 7.16. The van der Waals surface area contributed by atoms with Crippen LogP contribution < -0.4 is 5.56 Å². The first kappa shape index (κ1) is 25.3. The van der Waals surface area contributed by atoms with Crippen LogP contribution in [0.4, 0.5) is 13.2 Å². The topological polar surface area (TPSA) is 57.6 Å². The van der Waals surface area contributed by atoms with Crippen molar-refractivity contribution in [1.29, 1.82) is 0 Å². The summed E-state index contributed by atoms with van der Waals surface area (Å²) in [5.41, 5.74) is 2.56. The first-order chi connectivity index (χ1) is 17.2. The van der Waals surface area contributed by atoms with E-state index in [1.807, 2.05) is 11.8 Å². The summed E-state index contributed by atoms with van der Waals surface area (Å²) in [6, 6.07) is 9.15. The molecule has 4 nitrogen and oxygen atoms in total. The van der Waals surface area contributed by atoms with Crippen molar-refractivity contribution in [2.24, 2.45) is 27.5 Å². The molecule has 2 aliphatic carbocycles. The molecule has 0 bridgehead atoms. The molecule has 2 fully saturated rings. The number of halogens is 3. The van der Waals surface area contributed by atoms with E-state index in [4.69, 9.17) is 0 Å². The van der Waals surface area contributed by atoms with Gasteiger partial charge in [-0.2, -0.15) is 18.3 Å². The van der Waals surface area contributed by atoms with E-state index in [0.717, 1.165) is 52.8 Å². The first-order valence-corrected chi connectivity index (χ1v) is 13.9. The normalized spacial score (nSPS) is 28.1. The number of nitrogens with zero attached hydrogens (tertiary/aromatic N) is 2. The SMILES string of the molecule is CC1CC(c2ccc(=O)[nH]c2)=NN=C1SCCCC1CCC2(CC1)CC2c1ccc(C(F)(F)F)cc1. The lowest BCUT2D eigenvalue weighted by molar-refractivity contribution is -0.137. The Balaban J connectivity index is 1.04. The lowest BCUT2D eigenvalue weighted by Gasteiger charge is -2.30. The van der Waals surface area contributed by atoms with Gasteiger partial charge in [0.25, 0.3) is 0 Å². The number of H-pyrrole nitrogens is 1. The zero-order valence-corrected chi connectivity index (χ0v) is 21.3. The molecule has 0 amide bonds. The number of benzene rings is 1. The van der Waals surface area contributed by atoms with Crippen molar-refractivity contribution in [3.05, 3.63) is 69.6 Å². The molecular weight excluding hydrogens is 483 g/mol. The van der Waals surface area contributed by atoms with Gasteiger partial charge in [-0.1, -0.05) is 19.1 Å². The van der Waals surface area contributed by atoms with Gasteiger partial charge in [-0.3, -0.25) is 4.79 Å². The standard InChI is InChI=1S/C28H32F3N3OS/c1-18-15-24(21-6-9-25(35)32-17-21)33-34-26(18)36-14-2-3-19-10-12-27(13-11-19)16-23(27)20-4-7-22(8-5-20)28(29,30)31/h4-9,17-19,23H,2-3,10-16H2,1H3,(H,32,35).